The number of imidazole rings is 1. The molecule has 1 N–H and O–H groups in total. The summed E-state index contributed by atoms with van der Waals surface area (Å²) in [6, 6.07) is 15.8. The average Bonchev–Trinajstić information content (AvgIpc) is 3.56. The molecule has 6 rings (SSSR count). The Morgan fingerprint density at radius 1 is 1.05 bits per heavy atom. The lowest BCUT2D eigenvalue weighted by Crippen LogP contribution is -2.40. The van der Waals surface area contributed by atoms with Crippen LogP contribution < -0.4 is 10.1 Å². The van der Waals surface area contributed by atoms with Crippen LogP contribution in [0.15, 0.2) is 91.6 Å². The van der Waals surface area contributed by atoms with Crippen molar-refractivity contribution in [2.75, 3.05) is 7.11 Å². The highest BCUT2D eigenvalue weighted by atomic mass is 16.5. The molecule has 0 spiro atoms. The zero-order valence-corrected chi connectivity index (χ0v) is 20.7. The summed E-state index contributed by atoms with van der Waals surface area (Å²) in [6.07, 6.45) is 14.5. The van der Waals surface area contributed by atoms with E-state index >= 15 is 0 Å². The molecule has 1 aliphatic heterocycles. The third-order valence-corrected chi connectivity index (χ3v) is 7.25. The molecule has 1 amide bonds. The van der Waals surface area contributed by atoms with E-state index in [1.807, 2.05) is 54.2 Å². The van der Waals surface area contributed by atoms with E-state index in [1.165, 1.54) is 5.56 Å². The van der Waals surface area contributed by atoms with Crippen LogP contribution in [0.2, 0.25) is 0 Å². The van der Waals surface area contributed by atoms with E-state index in [0.717, 1.165) is 16.9 Å². The first kappa shape index (κ1) is 23.0. The highest BCUT2D eigenvalue weighted by Crippen LogP contribution is 2.40. The minimum absolute atomic E-state index is 0.0479. The number of carbonyl (C=O) groups is 1. The molecule has 3 heterocycles. The van der Waals surface area contributed by atoms with Crippen LogP contribution in [-0.4, -0.2) is 43.6 Å². The molecule has 1 saturated heterocycles. The maximum atomic E-state index is 13.4. The van der Waals surface area contributed by atoms with Gasteiger partial charge < -0.3 is 14.6 Å². The number of hydrogen-bond acceptors (Lipinski definition) is 5. The Morgan fingerprint density at radius 2 is 1.89 bits per heavy atom. The number of amides is 1. The number of ether oxygens (including phenoxy) is 1. The fraction of sp³-hybridized carbons (Fsp3) is 0.241. The third kappa shape index (κ3) is 4.35. The number of aryl methyl sites for hydroxylation is 1. The van der Waals surface area contributed by atoms with Crippen LogP contribution in [0.5, 0.6) is 5.75 Å². The second-order valence-corrected chi connectivity index (χ2v) is 9.54. The van der Waals surface area contributed by atoms with Gasteiger partial charge in [0.25, 0.3) is 0 Å². The van der Waals surface area contributed by atoms with Crippen molar-refractivity contribution in [3.8, 4) is 22.7 Å². The average molecular weight is 493 g/mol. The zero-order valence-electron chi connectivity index (χ0n) is 20.7. The van der Waals surface area contributed by atoms with Gasteiger partial charge in [-0.05, 0) is 37.0 Å². The number of rotatable bonds is 5. The SMILES string of the molecule is COc1cc(-c2cn(C3CC(c4ccccc4)C4C=CC=CC4NC3=O)nn2)ccc1-n1cnc(C)c1. The lowest BCUT2D eigenvalue weighted by atomic mass is 9.77. The van der Waals surface area contributed by atoms with E-state index in [1.54, 1.807) is 18.1 Å². The van der Waals surface area contributed by atoms with Crippen LogP contribution in [0, 0.1) is 12.8 Å². The summed E-state index contributed by atoms with van der Waals surface area (Å²) in [6.45, 7) is 1.95. The first-order valence-corrected chi connectivity index (χ1v) is 12.4. The van der Waals surface area contributed by atoms with E-state index in [2.05, 4.69) is 63.1 Å². The van der Waals surface area contributed by atoms with Crippen LogP contribution >= 0.6 is 0 Å². The first-order valence-electron chi connectivity index (χ1n) is 12.4. The predicted octanol–water partition coefficient (Wildman–Crippen LogP) is 4.40. The van der Waals surface area contributed by atoms with Crippen LogP contribution in [0.25, 0.3) is 16.9 Å². The number of hydrogen-bond donors (Lipinski definition) is 1. The van der Waals surface area contributed by atoms with Crippen LogP contribution in [0.4, 0.5) is 0 Å². The summed E-state index contributed by atoms with van der Waals surface area (Å²) in [4.78, 5) is 17.7. The number of nitrogens with zero attached hydrogens (tertiary/aromatic N) is 5. The second kappa shape index (κ2) is 9.54. The first-order chi connectivity index (χ1) is 18.1. The summed E-state index contributed by atoms with van der Waals surface area (Å²) >= 11 is 0. The lowest BCUT2D eigenvalue weighted by Gasteiger charge is -2.29. The van der Waals surface area contributed by atoms with Gasteiger partial charge in [0, 0.05) is 17.7 Å². The molecule has 4 aromatic rings. The van der Waals surface area contributed by atoms with Crippen molar-refractivity contribution < 1.29 is 9.53 Å². The fourth-order valence-corrected chi connectivity index (χ4v) is 5.37. The number of benzene rings is 2. The van der Waals surface area contributed by atoms with Gasteiger partial charge in [-0.1, -0.05) is 65.9 Å². The smallest absolute Gasteiger partial charge is 0.245 e. The molecule has 0 radical (unpaired) electrons. The van der Waals surface area contributed by atoms with E-state index in [-0.39, 0.29) is 23.8 Å². The number of carbonyl (C=O) groups excluding carboxylic acids is 1. The van der Waals surface area contributed by atoms with Gasteiger partial charge in [0.2, 0.25) is 5.91 Å². The van der Waals surface area contributed by atoms with Gasteiger partial charge in [-0.3, -0.25) is 4.79 Å². The van der Waals surface area contributed by atoms with Crippen molar-refractivity contribution >= 4 is 5.91 Å². The van der Waals surface area contributed by atoms with Crippen molar-refractivity contribution in [2.45, 2.75) is 31.3 Å². The molecule has 4 atom stereocenters. The topological polar surface area (TPSA) is 86.9 Å². The molecule has 8 nitrogen and oxygen atoms in total. The minimum atomic E-state index is -0.478. The van der Waals surface area contributed by atoms with E-state index in [4.69, 9.17) is 4.74 Å². The van der Waals surface area contributed by atoms with Gasteiger partial charge in [-0.25, -0.2) is 9.67 Å². The normalized spacial score (nSPS) is 22.8. The summed E-state index contributed by atoms with van der Waals surface area (Å²) in [7, 11) is 1.64. The molecule has 37 heavy (non-hydrogen) atoms. The Morgan fingerprint density at radius 3 is 2.68 bits per heavy atom. The molecule has 2 aromatic heterocycles. The summed E-state index contributed by atoms with van der Waals surface area (Å²) in [5.74, 6) is 0.978. The predicted molar refractivity (Wildman–Crippen MR) is 140 cm³/mol. The van der Waals surface area contributed by atoms with E-state index in [9.17, 15) is 4.79 Å². The molecule has 2 aromatic carbocycles. The quantitative estimate of drug-likeness (QED) is 0.446. The van der Waals surface area contributed by atoms with Crippen molar-refractivity contribution in [2.24, 2.45) is 5.92 Å². The van der Waals surface area contributed by atoms with Gasteiger partial charge in [0.1, 0.15) is 17.5 Å². The minimum Gasteiger partial charge on any atom is -0.495 e. The highest BCUT2D eigenvalue weighted by Gasteiger charge is 2.39. The van der Waals surface area contributed by atoms with Crippen LogP contribution in [-0.2, 0) is 4.79 Å². The Labute approximate surface area is 215 Å². The Kier molecular flexibility index (Phi) is 5.92. The molecule has 1 aliphatic carbocycles. The van der Waals surface area contributed by atoms with Gasteiger partial charge in [-0.2, -0.15) is 0 Å². The molecular formula is C29H28N6O2. The van der Waals surface area contributed by atoms with E-state index < -0.39 is 6.04 Å². The fourth-order valence-electron chi connectivity index (χ4n) is 5.37. The molecular weight excluding hydrogens is 464 g/mol. The maximum Gasteiger partial charge on any atom is 0.245 e. The summed E-state index contributed by atoms with van der Waals surface area (Å²) < 4.78 is 9.29. The molecule has 1 fully saturated rings. The Balaban J connectivity index is 1.33. The number of aromatic nitrogens is 5. The molecule has 4 unspecified atom stereocenters. The molecule has 2 aliphatic rings. The summed E-state index contributed by atoms with van der Waals surface area (Å²) in [5.41, 5.74) is 4.57. The lowest BCUT2D eigenvalue weighted by molar-refractivity contribution is -0.124. The van der Waals surface area contributed by atoms with Gasteiger partial charge in [-0.15, -0.1) is 5.10 Å². The van der Waals surface area contributed by atoms with Crippen LogP contribution in [0.1, 0.15) is 29.6 Å². The monoisotopic (exact) mass is 492 g/mol. The van der Waals surface area contributed by atoms with Gasteiger partial charge in [0.15, 0.2) is 0 Å². The van der Waals surface area contributed by atoms with Gasteiger partial charge >= 0.3 is 0 Å². The van der Waals surface area contributed by atoms with Gasteiger partial charge in [0.05, 0.1) is 37.1 Å². The Hall–Kier alpha value is -4.46. The number of fused-ring (bicyclic) bond motifs is 1. The second-order valence-electron chi connectivity index (χ2n) is 9.54. The maximum absolute atomic E-state index is 13.4. The molecule has 0 bridgehead atoms. The molecule has 186 valence electrons. The summed E-state index contributed by atoms with van der Waals surface area (Å²) in [5, 5.41) is 12.1. The van der Waals surface area contributed by atoms with Crippen molar-refractivity contribution in [1.82, 2.24) is 29.9 Å². The van der Waals surface area contributed by atoms with E-state index in [0.29, 0.717) is 17.9 Å². The molecule has 0 saturated carbocycles. The molecule has 8 heteroatoms. The Bertz CT molecular complexity index is 1490. The van der Waals surface area contributed by atoms with Crippen molar-refractivity contribution in [3.05, 3.63) is 103 Å². The van der Waals surface area contributed by atoms with Crippen molar-refractivity contribution in [1.29, 1.82) is 0 Å². The zero-order chi connectivity index (χ0) is 25.4. The number of allylic oxidation sites excluding steroid dienone is 2. The largest absolute Gasteiger partial charge is 0.495 e. The number of methoxy groups -OCH3 is 1. The highest BCUT2D eigenvalue weighted by molar-refractivity contribution is 5.81. The standard InChI is InChI=1S/C29H28N6O2/c1-19-16-34(18-30-19)26-13-12-21(14-28(26)37-2)25-17-35(33-32-25)27-15-23(20-8-4-3-5-9-20)22-10-6-7-11-24(22)31-29(27)36/h3-14,16-18,22-24,27H,15H2,1-2H3,(H,31,36). The number of nitrogens with one attached hydrogen (secondary N) is 1. The third-order valence-electron chi connectivity index (χ3n) is 7.25. The van der Waals surface area contributed by atoms with Crippen molar-refractivity contribution in [3.63, 3.8) is 0 Å². The van der Waals surface area contributed by atoms with Crippen LogP contribution in [0.3, 0.4) is 0 Å².